The fourth-order valence-electron chi connectivity index (χ4n) is 1.32. The van der Waals surface area contributed by atoms with Crippen LogP contribution < -0.4 is 5.32 Å². The molecule has 1 unspecified atom stereocenters. The number of urea groups is 1. The van der Waals surface area contributed by atoms with E-state index >= 15 is 0 Å². The second-order valence-corrected chi connectivity index (χ2v) is 6.51. The van der Waals surface area contributed by atoms with Crippen LogP contribution in [0, 0.1) is 10.1 Å². The molecule has 0 aliphatic carbocycles. The lowest BCUT2D eigenvalue weighted by Gasteiger charge is -2.07. The summed E-state index contributed by atoms with van der Waals surface area (Å²) in [6.45, 7) is 3.50. The van der Waals surface area contributed by atoms with Crippen molar-refractivity contribution in [1.82, 2.24) is 5.32 Å². The summed E-state index contributed by atoms with van der Waals surface area (Å²) < 4.78 is 15.9. The minimum absolute atomic E-state index is 0.128. The number of nitro groups is 1. The Balaban J connectivity index is 3.16. The van der Waals surface area contributed by atoms with Crippen LogP contribution in [0.15, 0.2) is 33.5 Å². The number of nitro benzene ring substituents is 1. The van der Waals surface area contributed by atoms with Crippen LogP contribution in [-0.4, -0.2) is 27.5 Å². The van der Waals surface area contributed by atoms with E-state index in [1.807, 2.05) is 0 Å². The van der Waals surface area contributed by atoms with Crippen LogP contribution in [0.4, 0.5) is 10.5 Å². The first kappa shape index (κ1) is 15.1. The lowest BCUT2D eigenvalue weighted by Crippen LogP contribution is -2.28. The SMILES string of the molecule is CC(C)NC(=O)N=S(C)(=O)c1cccc([N+](=O)[O-])c1. The minimum atomic E-state index is -3.00. The van der Waals surface area contributed by atoms with Crippen molar-refractivity contribution in [1.29, 1.82) is 0 Å². The van der Waals surface area contributed by atoms with Gasteiger partial charge in [0.05, 0.1) is 19.5 Å². The minimum Gasteiger partial charge on any atom is -0.334 e. The summed E-state index contributed by atoms with van der Waals surface area (Å²) in [4.78, 5) is 21.7. The van der Waals surface area contributed by atoms with Crippen LogP contribution in [0.5, 0.6) is 0 Å². The molecule has 0 aromatic heterocycles. The van der Waals surface area contributed by atoms with E-state index in [0.717, 1.165) is 6.07 Å². The first-order valence-electron chi connectivity index (χ1n) is 5.49. The molecule has 1 atom stereocenters. The number of carbonyl (C=O) groups is 1. The molecule has 0 heterocycles. The molecule has 7 nitrogen and oxygen atoms in total. The maximum Gasteiger partial charge on any atom is 0.349 e. The molecule has 1 aromatic carbocycles. The summed E-state index contributed by atoms with van der Waals surface area (Å²) in [5, 5.41) is 13.1. The zero-order chi connectivity index (χ0) is 14.6. The maximum atomic E-state index is 12.3. The van der Waals surface area contributed by atoms with Gasteiger partial charge in [0, 0.05) is 24.4 Å². The van der Waals surface area contributed by atoms with Crippen LogP contribution in [0.3, 0.4) is 0 Å². The molecule has 0 saturated carbocycles. The molecule has 2 amide bonds. The monoisotopic (exact) mass is 285 g/mol. The van der Waals surface area contributed by atoms with Crippen LogP contribution in [0.1, 0.15) is 13.8 Å². The van der Waals surface area contributed by atoms with Crippen molar-refractivity contribution in [3.8, 4) is 0 Å². The van der Waals surface area contributed by atoms with E-state index in [9.17, 15) is 19.1 Å². The smallest absolute Gasteiger partial charge is 0.334 e. The van der Waals surface area contributed by atoms with Gasteiger partial charge in [-0.15, -0.1) is 4.36 Å². The number of non-ortho nitro benzene ring substituents is 1. The fourth-order valence-corrected chi connectivity index (χ4v) is 2.46. The molecular formula is C11H15N3O4S. The molecule has 19 heavy (non-hydrogen) atoms. The van der Waals surface area contributed by atoms with Crippen molar-refractivity contribution < 1.29 is 13.9 Å². The average molecular weight is 285 g/mol. The number of carbonyl (C=O) groups excluding carboxylic acids is 1. The average Bonchev–Trinajstić information content (AvgIpc) is 2.27. The van der Waals surface area contributed by atoms with E-state index in [1.54, 1.807) is 13.8 Å². The number of amides is 2. The second kappa shape index (κ2) is 5.79. The quantitative estimate of drug-likeness (QED) is 0.679. The molecule has 0 spiro atoms. The molecule has 104 valence electrons. The van der Waals surface area contributed by atoms with Crippen molar-refractivity contribution in [3.05, 3.63) is 34.4 Å². The van der Waals surface area contributed by atoms with Crippen LogP contribution in [-0.2, 0) is 9.73 Å². The molecule has 0 fully saturated rings. The van der Waals surface area contributed by atoms with Crippen molar-refractivity contribution in [2.75, 3.05) is 6.26 Å². The van der Waals surface area contributed by atoms with Crippen molar-refractivity contribution in [3.63, 3.8) is 0 Å². The Morgan fingerprint density at radius 1 is 1.47 bits per heavy atom. The third kappa shape index (κ3) is 4.32. The lowest BCUT2D eigenvalue weighted by molar-refractivity contribution is -0.385. The molecule has 0 aliphatic rings. The first-order valence-corrected chi connectivity index (χ1v) is 7.42. The molecular weight excluding hydrogens is 270 g/mol. The van der Waals surface area contributed by atoms with Gasteiger partial charge in [-0.05, 0) is 19.9 Å². The molecule has 1 aromatic rings. The number of hydrogen-bond donors (Lipinski definition) is 1. The Bertz CT molecular complexity index is 618. The van der Waals surface area contributed by atoms with E-state index in [-0.39, 0.29) is 16.6 Å². The van der Waals surface area contributed by atoms with Gasteiger partial charge in [0.1, 0.15) is 0 Å². The Morgan fingerprint density at radius 3 is 2.63 bits per heavy atom. The zero-order valence-electron chi connectivity index (χ0n) is 10.8. The fraction of sp³-hybridized carbons (Fsp3) is 0.364. The molecule has 0 saturated heterocycles. The van der Waals surface area contributed by atoms with Crippen molar-refractivity contribution in [2.45, 2.75) is 24.8 Å². The van der Waals surface area contributed by atoms with Gasteiger partial charge in [0.15, 0.2) is 0 Å². The van der Waals surface area contributed by atoms with Gasteiger partial charge in [0.25, 0.3) is 5.69 Å². The summed E-state index contributed by atoms with van der Waals surface area (Å²) in [7, 11) is -3.00. The second-order valence-electron chi connectivity index (χ2n) is 4.25. The van der Waals surface area contributed by atoms with Crippen molar-refractivity contribution in [2.24, 2.45) is 4.36 Å². The van der Waals surface area contributed by atoms with Gasteiger partial charge < -0.3 is 5.32 Å². The number of benzene rings is 1. The molecule has 0 bridgehead atoms. The maximum absolute atomic E-state index is 12.3. The van der Waals surface area contributed by atoms with Crippen LogP contribution in [0.2, 0.25) is 0 Å². The highest BCUT2D eigenvalue weighted by molar-refractivity contribution is 7.93. The Hall–Kier alpha value is -1.96. The van der Waals surface area contributed by atoms with Gasteiger partial charge in [-0.1, -0.05) is 6.07 Å². The van der Waals surface area contributed by atoms with Gasteiger partial charge in [-0.2, -0.15) is 0 Å². The van der Waals surface area contributed by atoms with Crippen LogP contribution in [0.25, 0.3) is 0 Å². The lowest BCUT2D eigenvalue weighted by atomic mass is 10.3. The van der Waals surface area contributed by atoms with Gasteiger partial charge in [-0.3, -0.25) is 10.1 Å². The highest BCUT2D eigenvalue weighted by Gasteiger charge is 2.14. The van der Waals surface area contributed by atoms with E-state index < -0.39 is 20.7 Å². The Labute approximate surface area is 111 Å². The number of nitrogens with one attached hydrogen (secondary N) is 1. The molecule has 8 heteroatoms. The van der Waals surface area contributed by atoms with Gasteiger partial charge in [-0.25, -0.2) is 9.00 Å². The molecule has 1 N–H and O–H groups in total. The zero-order valence-corrected chi connectivity index (χ0v) is 11.6. The highest BCUT2D eigenvalue weighted by atomic mass is 32.2. The Morgan fingerprint density at radius 2 is 2.11 bits per heavy atom. The predicted molar refractivity (Wildman–Crippen MR) is 71.5 cm³/mol. The molecule has 0 radical (unpaired) electrons. The molecule has 0 aliphatic heterocycles. The summed E-state index contributed by atoms with van der Waals surface area (Å²) in [6, 6.07) is 4.47. The topological polar surface area (TPSA) is 102 Å². The predicted octanol–water partition coefficient (Wildman–Crippen LogP) is 2.17. The highest BCUT2D eigenvalue weighted by Crippen LogP contribution is 2.18. The number of nitrogens with zero attached hydrogens (tertiary/aromatic N) is 2. The summed E-state index contributed by atoms with van der Waals surface area (Å²) in [5.74, 6) is 0. The van der Waals surface area contributed by atoms with Gasteiger partial charge in [0.2, 0.25) is 0 Å². The van der Waals surface area contributed by atoms with Crippen LogP contribution >= 0.6 is 0 Å². The summed E-state index contributed by atoms with van der Waals surface area (Å²) >= 11 is 0. The summed E-state index contributed by atoms with van der Waals surface area (Å²) in [5.41, 5.74) is -0.188. The van der Waals surface area contributed by atoms with Gasteiger partial charge >= 0.3 is 6.03 Å². The van der Waals surface area contributed by atoms with E-state index in [0.29, 0.717) is 0 Å². The van der Waals surface area contributed by atoms with E-state index in [4.69, 9.17) is 0 Å². The number of hydrogen-bond acceptors (Lipinski definition) is 4. The largest absolute Gasteiger partial charge is 0.349 e. The normalized spacial score (nSPS) is 13.7. The third-order valence-corrected chi connectivity index (χ3v) is 3.78. The van der Waals surface area contributed by atoms with E-state index in [1.165, 1.54) is 24.5 Å². The van der Waals surface area contributed by atoms with Crippen molar-refractivity contribution >= 4 is 21.4 Å². The number of rotatable bonds is 3. The molecule has 1 rings (SSSR count). The summed E-state index contributed by atoms with van der Waals surface area (Å²) in [6.07, 6.45) is 1.27. The first-order chi connectivity index (χ1) is 8.72. The van der Waals surface area contributed by atoms with E-state index in [2.05, 4.69) is 9.68 Å². The standard InChI is InChI=1S/C11H15N3O4S/c1-8(2)12-11(15)13-19(3,18)10-6-4-5-9(7-10)14(16)17/h4-8H,1-3H3,(H,12,15). The third-order valence-electron chi connectivity index (χ3n) is 2.14. The Kier molecular flexibility index (Phi) is 4.60.